The molecule has 0 fully saturated rings. The number of methoxy groups -OCH3 is 2. The van der Waals surface area contributed by atoms with E-state index in [1.807, 2.05) is 31.2 Å². The van der Waals surface area contributed by atoms with Crippen molar-refractivity contribution >= 4 is 34.0 Å². The summed E-state index contributed by atoms with van der Waals surface area (Å²) in [4.78, 5) is 13.9. The predicted molar refractivity (Wildman–Crippen MR) is 148 cm³/mol. The van der Waals surface area contributed by atoms with Crippen LogP contribution in [-0.2, 0) is 6.42 Å². The fraction of sp³-hybridized carbons (Fsp3) is 0.241. The lowest BCUT2D eigenvalue weighted by Crippen LogP contribution is -2.44. The molecule has 0 spiro atoms. The van der Waals surface area contributed by atoms with Crippen LogP contribution >= 0.6 is 12.2 Å². The van der Waals surface area contributed by atoms with Crippen LogP contribution in [0.2, 0.25) is 0 Å². The van der Waals surface area contributed by atoms with E-state index >= 15 is 0 Å². The van der Waals surface area contributed by atoms with Crippen molar-refractivity contribution in [3.8, 4) is 17.2 Å². The van der Waals surface area contributed by atoms with E-state index in [0.717, 1.165) is 28.5 Å². The molecule has 5 rings (SSSR count). The van der Waals surface area contributed by atoms with Gasteiger partial charge in [-0.1, -0.05) is 0 Å². The van der Waals surface area contributed by atoms with Gasteiger partial charge in [0.2, 0.25) is 0 Å². The number of nitrogens with one attached hydrogen (secondary N) is 1. The molecule has 1 N–H and O–H groups in total. The van der Waals surface area contributed by atoms with Gasteiger partial charge in [-0.15, -0.1) is 0 Å². The van der Waals surface area contributed by atoms with Crippen LogP contribution in [0.25, 0.3) is 11.0 Å². The Hall–Kier alpha value is -4.11. The summed E-state index contributed by atoms with van der Waals surface area (Å²) in [6.45, 7) is 2.76. The smallest absolute Gasteiger partial charge is 0.336 e. The van der Waals surface area contributed by atoms with Crippen LogP contribution in [0, 0.1) is 12.7 Å². The number of rotatable bonds is 6. The highest BCUT2D eigenvalue weighted by Crippen LogP contribution is 2.39. The number of thiocarbonyl (C=S) groups is 1. The molecular weight excluding hydrogens is 507 g/mol. The Morgan fingerprint density at radius 3 is 2.55 bits per heavy atom. The van der Waals surface area contributed by atoms with E-state index in [1.54, 1.807) is 32.4 Å². The summed E-state index contributed by atoms with van der Waals surface area (Å²) >= 11 is 5.79. The van der Waals surface area contributed by atoms with E-state index in [-0.39, 0.29) is 18.5 Å². The summed E-state index contributed by atoms with van der Waals surface area (Å²) in [6.07, 6.45) is 0.734. The van der Waals surface area contributed by atoms with Crippen LogP contribution in [0.15, 0.2) is 69.9 Å². The highest BCUT2D eigenvalue weighted by molar-refractivity contribution is 7.80. The van der Waals surface area contributed by atoms with Gasteiger partial charge in [-0.05, 0) is 90.8 Å². The molecule has 0 aliphatic carbocycles. The first-order valence-corrected chi connectivity index (χ1v) is 12.5. The molecule has 9 heteroatoms. The van der Waals surface area contributed by atoms with Crippen molar-refractivity contribution < 1.29 is 23.0 Å². The molecule has 196 valence electrons. The molecule has 0 bridgehead atoms. The summed E-state index contributed by atoms with van der Waals surface area (Å²) in [5.74, 6) is 1.52. The summed E-state index contributed by atoms with van der Waals surface area (Å²) in [5, 5.41) is 4.56. The SMILES string of the molecule is COc1cc2c(cc1OC)C(COc1ccc3c(C)cc(=O)oc3c1)N(C(=S)Nc1ccc(F)cc1)CC2. The molecule has 0 radical (unpaired) electrons. The Morgan fingerprint density at radius 1 is 1.08 bits per heavy atom. The number of halogens is 1. The second-order valence-corrected chi connectivity index (χ2v) is 9.41. The van der Waals surface area contributed by atoms with E-state index in [9.17, 15) is 9.18 Å². The van der Waals surface area contributed by atoms with Crippen molar-refractivity contribution in [2.75, 3.05) is 32.7 Å². The number of anilines is 1. The Bertz CT molecular complexity index is 1550. The zero-order chi connectivity index (χ0) is 26.8. The van der Waals surface area contributed by atoms with Gasteiger partial charge >= 0.3 is 5.63 Å². The van der Waals surface area contributed by atoms with Crippen molar-refractivity contribution in [1.82, 2.24) is 4.90 Å². The number of hydrogen-bond donors (Lipinski definition) is 1. The number of fused-ring (bicyclic) bond motifs is 2. The molecule has 0 saturated heterocycles. The first-order valence-electron chi connectivity index (χ1n) is 12.1. The maximum atomic E-state index is 13.4. The molecule has 2 heterocycles. The number of hydrogen-bond acceptors (Lipinski definition) is 6. The van der Waals surface area contributed by atoms with Crippen LogP contribution in [0.3, 0.4) is 0 Å². The van der Waals surface area contributed by atoms with Crippen molar-refractivity contribution in [2.24, 2.45) is 0 Å². The molecule has 1 aromatic heterocycles. The molecule has 1 aliphatic rings. The van der Waals surface area contributed by atoms with Gasteiger partial charge in [0.25, 0.3) is 0 Å². The average Bonchev–Trinajstić information content (AvgIpc) is 2.91. The van der Waals surface area contributed by atoms with Crippen LogP contribution in [0.5, 0.6) is 17.2 Å². The Labute approximate surface area is 224 Å². The molecule has 38 heavy (non-hydrogen) atoms. The summed E-state index contributed by atoms with van der Waals surface area (Å²) in [7, 11) is 3.21. The third-order valence-electron chi connectivity index (χ3n) is 6.69. The van der Waals surface area contributed by atoms with Crippen LogP contribution in [0.1, 0.15) is 22.7 Å². The maximum absolute atomic E-state index is 13.4. The minimum Gasteiger partial charge on any atom is -0.493 e. The zero-order valence-corrected chi connectivity index (χ0v) is 22.1. The van der Waals surface area contributed by atoms with Gasteiger partial charge in [0.1, 0.15) is 23.8 Å². The molecule has 1 aliphatic heterocycles. The summed E-state index contributed by atoms with van der Waals surface area (Å²) in [5.41, 5.74) is 3.70. The van der Waals surface area contributed by atoms with E-state index in [1.165, 1.54) is 18.2 Å². The molecule has 1 unspecified atom stereocenters. The fourth-order valence-electron chi connectivity index (χ4n) is 4.75. The summed E-state index contributed by atoms with van der Waals surface area (Å²) < 4.78 is 36.1. The minimum absolute atomic E-state index is 0.259. The number of nitrogens with zero attached hydrogens (tertiary/aromatic N) is 1. The van der Waals surface area contributed by atoms with Gasteiger partial charge in [-0.2, -0.15) is 0 Å². The van der Waals surface area contributed by atoms with Crippen molar-refractivity contribution in [3.63, 3.8) is 0 Å². The Morgan fingerprint density at radius 2 is 1.82 bits per heavy atom. The molecule has 0 amide bonds. The first kappa shape index (κ1) is 25.5. The third-order valence-corrected chi connectivity index (χ3v) is 7.03. The monoisotopic (exact) mass is 534 g/mol. The molecule has 0 saturated carbocycles. The van der Waals surface area contributed by atoms with E-state index in [0.29, 0.717) is 40.2 Å². The second kappa shape index (κ2) is 10.7. The highest BCUT2D eigenvalue weighted by atomic mass is 32.1. The third kappa shape index (κ3) is 5.15. The normalized spacial score (nSPS) is 14.6. The largest absolute Gasteiger partial charge is 0.493 e. The van der Waals surface area contributed by atoms with E-state index < -0.39 is 5.63 Å². The van der Waals surface area contributed by atoms with Crippen molar-refractivity contribution in [1.29, 1.82) is 0 Å². The van der Waals surface area contributed by atoms with Gasteiger partial charge in [0.05, 0.1) is 20.3 Å². The average molecular weight is 535 g/mol. The zero-order valence-electron chi connectivity index (χ0n) is 21.2. The lowest BCUT2D eigenvalue weighted by molar-refractivity contribution is 0.190. The van der Waals surface area contributed by atoms with Crippen molar-refractivity contribution in [2.45, 2.75) is 19.4 Å². The standard InChI is InChI=1S/C29H27FN2O5S/c1-17-12-28(33)37-25-14-21(8-9-22(17)25)36-16-24-23-15-27(35-3)26(34-2)13-18(23)10-11-32(24)29(38)31-20-6-4-19(30)5-7-20/h4-9,12-15,24H,10-11,16H2,1-3H3,(H,31,38). The van der Waals surface area contributed by atoms with Gasteiger partial charge in [-0.25, -0.2) is 9.18 Å². The molecule has 1 atom stereocenters. The second-order valence-electron chi connectivity index (χ2n) is 9.02. The van der Waals surface area contributed by atoms with Crippen LogP contribution in [0.4, 0.5) is 10.1 Å². The Balaban J connectivity index is 1.47. The van der Waals surface area contributed by atoms with Crippen LogP contribution in [-0.4, -0.2) is 37.4 Å². The highest BCUT2D eigenvalue weighted by Gasteiger charge is 2.31. The molecule has 3 aromatic carbocycles. The molecule has 4 aromatic rings. The maximum Gasteiger partial charge on any atom is 0.336 e. The lowest BCUT2D eigenvalue weighted by atomic mass is 9.92. The van der Waals surface area contributed by atoms with E-state index in [2.05, 4.69) is 10.2 Å². The lowest BCUT2D eigenvalue weighted by Gasteiger charge is -2.39. The topological polar surface area (TPSA) is 73.2 Å². The van der Waals surface area contributed by atoms with Crippen LogP contribution < -0.4 is 25.2 Å². The number of ether oxygens (including phenoxy) is 3. The Kier molecular flexibility index (Phi) is 7.20. The van der Waals surface area contributed by atoms with Gasteiger partial charge in [0.15, 0.2) is 16.6 Å². The van der Waals surface area contributed by atoms with E-state index in [4.69, 9.17) is 30.8 Å². The van der Waals surface area contributed by atoms with Gasteiger partial charge < -0.3 is 28.8 Å². The van der Waals surface area contributed by atoms with Gasteiger partial charge in [-0.3, -0.25) is 0 Å². The number of benzene rings is 3. The minimum atomic E-state index is -0.405. The molecule has 7 nitrogen and oxygen atoms in total. The van der Waals surface area contributed by atoms with Crippen molar-refractivity contribution in [3.05, 3.63) is 93.6 Å². The van der Waals surface area contributed by atoms with Gasteiger partial charge in [0, 0.05) is 29.8 Å². The first-order chi connectivity index (χ1) is 18.4. The quantitative estimate of drug-likeness (QED) is 0.252. The fourth-order valence-corrected chi connectivity index (χ4v) is 5.09. The number of aryl methyl sites for hydroxylation is 1. The molecular formula is C29H27FN2O5S. The summed E-state index contributed by atoms with van der Waals surface area (Å²) in [6, 6.07) is 16.7. The predicted octanol–water partition coefficient (Wildman–Crippen LogP) is 5.63.